The molecule has 1 aliphatic rings. The number of rotatable bonds is 5. The Balaban J connectivity index is 1.61. The molecule has 0 saturated heterocycles. The molecule has 2 aromatic carbocycles. The molecule has 1 heteroatoms. The molecule has 4 rings (SSSR count). The maximum Gasteiger partial charge on any atom is 0.0737 e. The highest BCUT2D eigenvalue weighted by molar-refractivity contribution is 5.83. The number of fused-ring (bicyclic) bond motifs is 1. The third-order valence-corrected chi connectivity index (χ3v) is 5.42. The predicted molar refractivity (Wildman–Crippen MR) is 111 cm³/mol. The van der Waals surface area contributed by atoms with Crippen molar-refractivity contribution in [1.29, 1.82) is 0 Å². The number of nitrogens with zero attached hydrogens (tertiary/aromatic N) is 1. The summed E-state index contributed by atoms with van der Waals surface area (Å²) in [4.78, 5) is 5.09. The number of aryl methyl sites for hydroxylation is 3. The van der Waals surface area contributed by atoms with E-state index in [0.717, 1.165) is 19.3 Å². The van der Waals surface area contributed by atoms with Crippen molar-refractivity contribution in [2.24, 2.45) is 5.92 Å². The molecule has 1 aliphatic carbocycles. The second kappa shape index (κ2) is 7.86. The summed E-state index contributed by atoms with van der Waals surface area (Å²) >= 11 is 0. The first-order valence-electron chi connectivity index (χ1n) is 9.88. The summed E-state index contributed by atoms with van der Waals surface area (Å²) in [6.45, 7) is 2.19. The third-order valence-electron chi connectivity index (χ3n) is 5.42. The minimum absolute atomic E-state index is 0.659. The number of benzene rings is 2. The zero-order valence-corrected chi connectivity index (χ0v) is 15.6. The lowest BCUT2D eigenvalue weighted by Crippen LogP contribution is -2.06. The fourth-order valence-electron chi connectivity index (χ4n) is 4.06. The largest absolute Gasteiger partial charge is 0.253 e. The van der Waals surface area contributed by atoms with E-state index in [-0.39, 0.29) is 0 Å². The summed E-state index contributed by atoms with van der Waals surface area (Å²) in [7, 11) is 0. The van der Waals surface area contributed by atoms with E-state index in [1.807, 2.05) is 0 Å². The smallest absolute Gasteiger partial charge is 0.0737 e. The molecule has 1 heterocycles. The van der Waals surface area contributed by atoms with Crippen molar-refractivity contribution in [1.82, 2.24) is 4.98 Å². The van der Waals surface area contributed by atoms with Gasteiger partial charge in [0.15, 0.2) is 0 Å². The summed E-state index contributed by atoms with van der Waals surface area (Å²) in [6, 6.07) is 19.8. The van der Waals surface area contributed by atoms with E-state index in [0.29, 0.717) is 5.92 Å². The van der Waals surface area contributed by atoms with Gasteiger partial charge in [0.2, 0.25) is 0 Å². The molecule has 0 amide bonds. The van der Waals surface area contributed by atoms with Gasteiger partial charge in [-0.15, -0.1) is 0 Å². The lowest BCUT2D eigenvalue weighted by Gasteiger charge is -2.16. The van der Waals surface area contributed by atoms with Gasteiger partial charge in [0.05, 0.1) is 5.52 Å². The number of pyridine rings is 1. The highest BCUT2D eigenvalue weighted by atomic mass is 14.7. The molecular formula is C25H27N. The van der Waals surface area contributed by atoms with Crippen LogP contribution in [0.2, 0.25) is 0 Å². The first-order valence-corrected chi connectivity index (χ1v) is 9.88. The Labute approximate surface area is 156 Å². The zero-order valence-electron chi connectivity index (χ0n) is 15.6. The van der Waals surface area contributed by atoms with Crippen molar-refractivity contribution < 1.29 is 0 Å². The highest BCUT2D eigenvalue weighted by Crippen LogP contribution is 2.25. The number of hydrogen-bond donors (Lipinski definition) is 0. The van der Waals surface area contributed by atoms with Crippen molar-refractivity contribution in [3.05, 3.63) is 89.1 Å². The van der Waals surface area contributed by atoms with Gasteiger partial charge in [-0.1, -0.05) is 60.2 Å². The molecule has 1 nitrogen and oxygen atoms in total. The van der Waals surface area contributed by atoms with Crippen LogP contribution in [0.25, 0.3) is 10.9 Å². The molecule has 0 aliphatic heterocycles. The molecule has 1 atom stereocenters. The maximum atomic E-state index is 5.09. The molecule has 0 radical (unpaired) electrons. The number of allylic oxidation sites excluding steroid dienone is 2. The van der Waals surface area contributed by atoms with Crippen LogP contribution < -0.4 is 0 Å². The van der Waals surface area contributed by atoms with Gasteiger partial charge in [-0.2, -0.15) is 0 Å². The standard InChI is InChI=1S/C25H27N/c1-19-16-22(13-12-20-8-4-2-5-9-20)25-23(17-19)14-15-24(26-25)18-21-10-6-3-7-11-21/h2,4-6,8-10,14-17,21H,3,7,11-13,18H2,1H3. The molecule has 26 heavy (non-hydrogen) atoms. The van der Waals surface area contributed by atoms with E-state index in [1.165, 1.54) is 52.5 Å². The molecule has 0 spiro atoms. The van der Waals surface area contributed by atoms with Crippen LogP contribution in [0.3, 0.4) is 0 Å². The minimum Gasteiger partial charge on any atom is -0.253 e. The second-order valence-electron chi connectivity index (χ2n) is 7.61. The molecule has 1 unspecified atom stereocenters. The quantitative estimate of drug-likeness (QED) is 0.501. The van der Waals surface area contributed by atoms with E-state index in [4.69, 9.17) is 4.98 Å². The Bertz CT molecular complexity index is 908. The van der Waals surface area contributed by atoms with Gasteiger partial charge >= 0.3 is 0 Å². The average Bonchev–Trinajstić information content (AvgIpc) is 2.68. The van der Waals surface area contributed by atoms with Gasteiger partial charge in [-0.3, -0.25) is 4.98 Å². The predicted octanol–water partition coefficient (Wildman–Crippen LogP) is 6.23. The fraction of sp³-hybridized carbons (Fsp3) is 0.320. The molecule has 0 saturated carbocycles. The fourth-order valence-corrected chi connectivity index (χ4v) is 4.06. The third kappa shape index (κ3) is 4.04. The Kier molecular flexibility index (Phi) is 5.15. The molecule has 3 aromatic rings. The van der Waals surface area contributed by atoms with Crippen molar-refractivity contribution in [3.63, 3.8) is 0 Å². The monoisotopic (exact) mass is 341 g/mol. The van der Waals surface area contributed by atoms with E-state index in [1.54, 1.807) is 0 Å². The van der Waals surface area contributed by atoms with Crippen molar-refractivity contribution >= 4 is 10.9 Å². The molecule has 1 aromatic heterocycles. The Morgan fingerprint density at radius 3 is 2.69 bits per heavy atom. The number of aromatic nitrogens is 1. The molecular weight excluding hydrogens is 314 g/mol. The second-order valence-corrected chi connectivity index (χ2v) is 7.61. The van der Waals surface area contributed by atoms with Gasteiger partial charge in [-0.25, -0.2) is 0 Å². The molecule has 0 bridgehead atoms. The van der Waals surface area contributed by atoms with Crippen LogP contribution in [0.15, 0.2) is 66.7 Å². The lowest BCUT2D eigenvalue weighted by molar-refractivity contribution is 0.534. The van der Waals surface area contributed by atoms with E-state index < -0.39 is 0 Å². The van der Waals surface area contributed by atoms with E-state index >= 15 is 0 Å². The lowest BCUT2D eigenvalue weighted by atomic mass is 9.91. The normalized spacial score (nSPS) is 16.9. The first kappa shape index (κ1) is 17.0. The van der Waals surface area contributed by atoms with Crippen LogP contribution >= 0.6 is 0 Å². The van der Waals surface area contributed by atoms with Crippen LogP contribution in [0.1, 0.15) is 41.6 Å². The summed E-state index contributed by atoms with van der Waals surface area (Å²) in [5.74, 6) is 0.659. The zero-order chi connectivity index (χ0) is 17.8. The van der Waals surface area contributed by atoms with Crippen LogP contribution in [0, 0.1) is 12.8 Å². The molecule has 0 N–H and O–H groups in total. The average molecular weight is 341 g/mol. The van der Waals surface area contributed by atoms with E-state index in [9.17, 15) is 0 Å². The maximum absolute atomic E-state index is 5.09. The van der Waals surface area contributed by atoms with Gasteiger partial charge < -0.3 is 0 Å². The Hall–Kier alpha value is -2.41. The van der Waals surface area contributed by atoms with Crippen LogP contribution in [-0.4, -0.2) is 4.98 Å². The van der Waals surface area contributed by atoms with Crippen molar-refractivity contribution in [2.75, 3.05) is 0 Å². The van der Waals surface area contributed by atoms with Crippen LogP contribution in [0.4, 0.5) is 0 Å². The minimum atomic E-state index is 0.659. The Morgan fingerprint density at radius 2 is 1.88 bits per heavy atom. The Morgan fingerprint density at radius 1 is 1.00 bits per heavy atom. The first-order chi connectivity index (χ1) is 12.8. The van der Waals surface area contributed by atoms with Crippen molar-refractivity contribution in [2.45, 2.75) is 45.4 Å². The highest BCUT2D eigenvalue weighted by Gasteiger charge is 2.12. The van der Waals surface area contributed by atoms with Gasteiger partial charge in [0.1, 0.15) is 0 Å². The van der Waals surface area contributed by atoms with Crippen molar-refractivity contribution in [3.8, 4) is 0 Å². The summed E-state index contributed by atoms with van der Waals surface area (Å²) in [6.07, 6.45) is 11.8. The topological polar surface area (TPSA) is 12.9 Å². The summed E-state index contributed by atoms with van der Waals surface area (Å²) < 4.78 is 0. The van der Waals surface area contributed by atoms with Gasteiger partial charge in [-0.05, 0) is 74.6 Å². The summed E-state index contributed by atoms with van der Waals surface area (Å²) in [5, 5.41) is 1.27. The SMILES string of the molecule is Cc1cc(CCc2ccccc2)c2nc(CC3C=CCCC3)ccc2c1. The molecule has 0 fully saturated rings. The van der Waals surface area contributed by atoms with E-state index in [2.05, 4.69) is 73.7 Å². The van der Waals surface area contributed by atoms with Crippen LogP contribution in [0.5, 0.6) is 0 Å². The van der Waals surface area contributed by atoms with Gasteiger partial charge in [0, 0.05) is 11.1 Å². The van der Waals surface area contributed by atoms with Gasteiger partial charge in [0.25, 0.3) is 0 Å². The summed E-state index contributed by atoms with van der Waals surface area (Å²) in [5.41, 5.74) is 6.53. The molecule has 132 valence electrons. The van der Waals surface area contributed by atoms with Crippen LogP contribution in [-0.2, 0) is 19.3 Å². The number of hydrogen-bond acceptors (Lipinski definition) is 1.